The minimum atomic E-state index is 0.235. The van der Waals surface area contributed by atoms with Gasteiger partial charge in [-0.25, -0.2) is 0 Å². The summed E-state index contributed by atoms with van der Waals surface area (Å²) in [5.74, 6) is 0. The number of likely N-dealkylation sites (N-methyl/N-ethyl adjacent to an activating group) is 1. The van der Waals surface area contributed by atoms with Crippen molar-refractivity contribution in [1.29, 1.82) is 0 Å². The molecule has 0 saturated heterocycles. The third-order valence-corrected chi connectivity index (χ3v) is 2.14. The lowest BCUT2D eigenvalue weighted by molar-refractivity contribution is 0.0147. The van der Waals surface area contributed by atoms with Crippen LogP contribution in [-0.4, -0.2) is 65.9 Å². The molecule has 5 nitrogen and oxygen atoms in total. The second kappa shape index (κ2) is 13.9. The highest BCUT2D eigenvalue weighted by Crippen LogP contribution is 1.90. The Hall–Kier alpha value is -0.200. The van der Waals surface area contributed by atoms with Gasteiger partial charge in [0.2, 0.25) is 0 Å². The zero-order valence-corrected chi connectivity index (χ0v) is 11.4. The standard InChI is InChI=1S/C12H27NO4/c1-4-13-12(10-16-7-6-14-3)11-17-9-8-15-5-2/h12-13H,4-11H2,1-3H3. The molecule has 104 valence electrons. The van der Waals surface area contributed by atoms with Crippen LogP contribution < -0.4 is 5.32 Å². The molecule has 1 unspecified atom stereocenters. The predicted octanol–water partition coefficient (Wildman–Crippen LogP) is 0.681. The van der Waals surface area contributed by atoms with E-state index in [4.69, 9.17) is 18.9 Å². The van der Waals surface area contributed by atoms with E-state index in [1.165, 1.54) is 0 Å². The second-order valence-corrected chi connectivity index (χ2v) is 3.59. The van der Waals surface area contributed by atoms with E-state index in [0.717, 1.165) is 13.2 Å². The Labute approximate surface area is 105 Å². The van der Waals surface area contributed by atoms with E-state index in [9.17, 15) is 0 Å². The van der Waals surface area contributed by atoms with Crippen LogP contribution in [0, 0.1) is 0 Å². The van der Waals surface area contributed by atoms with Crippen molar-refractivity contribution in [3.05, 3.63) is 0 Å². The molecule has 5 heteroatoms. The molecule has 0 aromatic carbocycles. The summed E-state index contributed by atoms with van der Waals surface area (Å²) in [4.78, 5) is 0. The van der Waals surface area contributed by atoms with E-state index in [1.54, 1.807) is 7.11 Å². The topological polar surface area (TPSA) is 49.0 Å². The largest absolute Gasteiger partial charge is 0.382 e. The van der Waals surface area contributed by atoms with Gasteiger partial charge in [0.05, 0.1) is 45.7 Å². The zero-order chi connectivity index (χ0) is 12.8. The van der Waals surface area contributed by atoms with E-state index in [1.807, 2.05) is 6.92 Å². The smallest absolute Gasteiger partial charge is 0.0701 e. The Kier molecular flexibility index (Phi) is 13.7. The SMILES string of the molecule is CCNC(COCCOC)COCCOCC. The Morgan fingerprint density at radius 3 is 2.00 bits per heavy atom. The maximum Gasteiger partial charge on any atom is 0.0701 e. The molecule has 1 N–H and O–H groups in total. The van der Waals surface area contributed by atoms with Crippen LogP contribution >= 0.6 is 0 Å². The molecule has 0 amide bonds. The van der Waals surface area contributed by atoms with Gasteiger partial charge in [0, 0.05) is 13.7 Å². The molecule has 0 bridgehead atoms. The van der Waals surface area contributed by atoms with Crippen molar-refractivity contribution < 1.29 is 18.9 Å². The van der Waals surface area contributed by atoms with Crippen molar-refractivity contribution in [3.63, 3.8) is 0 Å². The van der Waals surface area contributed by atoms with E-state index >= 15 is 0 Å². The van der Waals surface area contributed by atoms with Crippen molar-refractivity contribution in [2.45, 2.75) is 19.9 Å². The van der Waals surface area contributed by atoms with Crippen LogP contribution in [0.5, 0.6) is 0 Å². The van der Waals surface area contributed by atoms with Crippen molar-refractivity contribution >= 4 is 0 Å². The summed E-state index contributed by atoms with van der Waals surface area (Å²) in [6.45, 7) is 9.52. The molecule has 1 atom stereocenters. The third-order valence-electron chi connectivity index (χ3n) is 2.14. The first kappa shape index (κ1) is 16.8. The van der Waals surface area contributed by atoms with Crippen LogP contribution in [0.15, 0.2) is 0 Å². The molecular weight excluding hydrogens is 222 g/mol. The van der Waals surface area contributed by atoms with Gasteiger partial charge >= 0.3 is 0 Å². The van der Waals surface area contributed by atoms with Crippen LogP contribution in [0.25, 0.3) is 0 Å². The number of rotatable bonds is 13. The quantitative estimate of drug-likeness (QED) is 0.486. The number of ether oxygens (including phenoxy) is 4. The highest BCUT2D eigenvalue weighted by atomic mass is 16.5. The van der Waals surface area contributed by atoms with E-state index in [-0.39, 0.29) is 6.04 Å². The molecule has 0 aromatic heterocycles. The van der Waals surface area contributed by atoms with Gasteiger partial charge in [-0.05, 0) is 13.5 Å². The monoisotopic (exact) mass is 249 g/mol. The number of hydrogen-bond acceptors (Lipinski definition) is 5. The summed E-state index contributed by atoms with van der Waals surface area (Å²) in [5.41, 5.74) is 0. The lowest BCUT2D eigenvalue weighted by Crippen LogP contribution is -2.38. The average molecular weight is 249 g/mol. The Morgan fingerprint density at radius 2 is 1.47 bits per heavy atom. The van der Waals surface area contributed by atoms with Gasteiger partial charge < -0.3 is 24.3 Å². The van der Waals surface area contributed by atoms with Crippen molar-refractivity contribution in [2.75, 3.05) is 59.9 Å². The zero-order valence-electron chi connectivity index (χ0n) is 11.4. The molecule has 17 heavy (non-hydrogen) atoms. The van der Waals surface area contributed by atoms with Crippen LogP contribution in [0.2, 0.25) is 0 Å². The van der Waals surface area contributed by atoms with Gasteiger partial charge in [0.25, 0.3) is 0 Å². The minimum Gasteiger partial charge on any atom is -0.382 e. The summed E-state index contributed by atoms with van der Waals surface area (Å²) >= 11 is 0. The van der Waals surface area contributed by atoms with Crippen LogP contribution in [0.1, 0.15) is 13.8 Å². The molecule has 0 radical (unpaired) electrons. The fourth-order valence-electron chi connectivity index (χ4n) is 1.31. The molecule has 0 aliphatic heterocycles. The first-order chi connectivity index (χ1) is 8.35. The second-order valence-electron chi connectivity index (χ2n) is 3.59. The van der Waals surface area contributed by atoms with Gasteiger partial charge in [0.15, 0.2) is 0 Å². The van der Waals surface area contributed by atoms with Gasteiger partial charge in [-0.15, -0.1) is 0 Å². The maximum absolute atomic E-state index is 5.51. The summed E-state index contributed by atoms with van der Waals surface area (Å²) in [6.07, 6.45) is 0. The molecule has 0 aliphatic rings. The van der Waals surface area contributed by atoms with E-state index in [0.29, 0.717) is 39.6 Å². The lowest BCUT2D eigenvalue weighted by atomic mass is 10.3. The van der Waals surface area contributed by atoms with E-state index in [2.05, 4.69) is 12.2 Å². The van der Waals surface area contributed by atoms with Crippen molar-refractivity contribution in [2.24, 2.45) is 0 Å². The summed E-state index contributed by atoms with van der Waals surface area (Å²) < 4.78 is 21.1. The molecule has 0 aromatic rings. The molecule has 0 saturated carbocycles. The normalized spacial score (nSPS) is 12.9. The first-order valence-corrected chi connectivity index (χ1v) is 6.30. The minimum absolute atomic E-state index is 0.235. The number of nitrogens with one attached hydrogen (secondary N) is 1. The number of methoxy groups -OCH3 is 1. The summed E-state index contributed by atoms with van der Waals surface area (Å²) in [6, 6.07) is 0.235. The molecular formula is C12H27NO4. The fraction of sp³-hybridized carbons (Fsp3) is 1.00. The Balaban J connectivity index is 3.45. The van der Waals surface area contributed by atoms with Crippen molar-refractivity contribution in [1.82, 2.24) is 5.32 Å². The van der Waals surface area contributed by atoms with E-state index < -0.39 is 0 Å². The number of hydrogen-bond donors (Lipinski definition) is 1. The summed E-state index contributed by atoms with van der Waals surface area (Å²) in [7, 11) is 1.67. The van der Waals surface area contributed by atoms with Gasteiger partial charge in [0.1, 0.15) is 0 Å². The van der Waals surface area contributed by atoms with Crippen LogP contribution in [0.4, 0.5) is 0 Å². The Morgan fingerprint density at radius 1 is 0.882 bits per heavy atom. The molecule has 0 aliphatic carbocycles. The summed E-state index contributed by atoms with van der Waals surface area (Å²) in [5, 5.41) is 3.32. The molecule has 0 rings (SSSR count). The van der Waals surface area contributed by atoms with Gasteiger partial charge in [-0.3, -0.25) is 0 Å². The Bertz CT molecular complexity index is 146. The van der Waals surface area contributed by atoms with Crippen LogP contribution in [0.3, 0.4) is 0 Å². The highest BCUT2D eigenvalue weighted by Gasteiger charge is 2.07. The predicted molar refractivity (Wildman–Crippen MR) is 67.5 cm³/mol. The highest BCUT2D eigenvalue weighted by molar-refractivity contribution is 4.63. The molecule has 0 fully saturated rings. The van der Waals surface area contributed by atoms with Gasteiger partial charge in [-0.2, -0.15) is 0 Å². The molecule has 0 heterocycles. The first-order valence-electron chi connectivity index (χ1n) is 6.30. The third kappa shape index (κ3) is 12.1. The fourth-order valence-corrected chi connectivity index (χ4v) is 1.31. The maximum atomic E-state index is 5.51. The van der Waals surface area contributed by atoms with Crippen LogP contribution in [-0.2, 0) is 18.9 Å². The molecule has 0 spiro atoms. The lowest BCUT2D eigenvalue weighted by Gasteiger charge is -2.18. The van der Waals surface area contributed by atoms with Crippen molar-refractivity contribution in [3.8, 4) is 0 Å². The average Bonchev–Trinajstić information content (AvgIpc) is 2.34. The van der Waals surface area contributed by atoms with Gasteiger partial charge in [-0.1, -0.05) is 6.92 Å².